The Morgan fingerprint density at radius 1 is 0.667 bits per heavy atom. The van der Waals surface area contributed by atoms with E-state index in [2.05, 4.69) is 148 Å². The van der Waals surface area contributed by atoms with Gasteiger partial charge < -0.3 is 10.0 Å². The van der Waals surface area contributed by atoms with E-state index < -0.39 is 5.97 Å². The van der Waals surface area contributed by atoms with Crippen molar-refractivity contribution >= 4 is 29.1 Å². The molecule has 0 bridgehead atoms. The summed E-state index contributed by atoms with van der Waals surface area (Å²) in [6.45, 7) is 9.30. The van der Waals surface area contributed by atoms with Crippen molar-refractivity contribution in [3.05, 3.63) is 166 Å². The molecule has 4 heteroatoms. The molecular formula is C47H40N2O2. The summed E-state index contributed by atoms with van der Waals surface area (Å²) < 4.78 is 0. The van der Waals surface area contributed by atoms with Crippen LogP contribution in [0.1, 0.15) is 74.8 Å². The van der Waals surface area contributed by atoms with Gasteiger partial charge in [-0.3, -0.25) is 0 Å². The van der Waals surface area contributed by atoms with Gasteiger partial charge in [0.15, 0.2) is 0 Å². The topological polar surface area (TPSA) is 64.3 Å². The molecule has 5 aromatic rings. The Morgan fingerprint density at radius 3 is 1.71 bits per heavy atom. The average Bonchev–Trinajstić information content (AvgIpc) is 3.51. The Labute approximate surface area is 300 Å². The van der Waals surface area contributed by atoms with Crippen molar-refractivity contribution in [1.29, 1.82) is 5.26 Å². The standard InChI is InChI=1S/C47H40N2O2/c1-46(2)41-14-7-5-12-36(41)38-24-22-34(27-43(38)46)49(35-23-25-39-37-13-6-8-15-42(37)47(3,4)44(39)28-35)33-20-18-30(19-21-33)16-17-31-10-9-11-32(26-31)40(29-48)45(50)51/h5-8,12-28H,9-11H2,1-4H3,(H,50,51)/b17-16+,40-32+. The summed E-state index contributed by atoms with van der Waals surface area (Å²) in [5.41, 5.74) is 16.2. The highest BCUT2D eigenvalue weighted by Gasteiger charge is 2.37. The molecule has 0 atom stereocenters. The van der Waals surface area contributed by atoms with Crippen LogP contribution in [0.25, 0.3) is 28.3 Å². The van der Waals surface area contributed by atoms with Crippen molar-refractivity contribution in [3.63, 3.8) is 0 Å². The van der Waals surface area contributed by atoms with Crippen LogP contribution in [0.15, 0.2) is 138 Å². The van der Waals surface area contributed by atoms with Crippen molar-refractivity contribution in [2.24, 2.45) is 0 Å². The number of aliphatic carboxylic acids is 1. The number of fused-ring (bicyclic) bond motifs is 6. The van der Waals surface area contributed by atoms with Gasteiger partial charge in [0.1, 0.15) is 11.6 Å². The second-order valence-corrected chi connectivity index (χ2v) is 15.0. The molecule has 3 aliphatic carbocycles. The molecule has 0 aliphatic heterocycles. The zero-order valence-electron chi connectivity index (χ0n) is 29.5. The Hall–Kier alpha value is -5.92. The summed E-state index contributed by atoms with van der Waals surface area (Å²) in [6, 6.07) is 41.9. The molecule has 250 valence electrons. The first kappa shape index (κ1) is 32.3. The number of hydrogen-bond acceptors (Lipinski definition) is 3. The van der Waals surface area contributed by atoms with Gasteiger partial charge in [-0.15, -0.1) is 0 Å². The molecule has 5 aromatic carbocycles. The van der Waals surface area contributed by atoms with Crippen molar-refractivity contribution < 1.29 is 9.90 Å². The molecule has 0 saturated heterocycles. The van der Waals surface area contributed by atoms with E-state index in [1.807, 2.05) is 18.2 Å². The van der Waals surface area contributed by atoms with Gasteiger partial charge in [-0.05, 0) is 117 Å². The lowest BCUT2D eigenvalue weighted by Gasteiger charge is -2.29. The molecule has 0 amide bonds. The van der Waals surface area contributed by atoms with Gasteiger partial charge in [-0.2, -0.15) is 5.26 Å². The Balaban J connectivity index is 1.20. The van der Waals surface area contributed by atoms with E-state index in [0.29, 0.717) is 12.0 Å². The van der Waals surface area contributed by atoms with E-state index in [0.717, 1.165) is 41.0 Å². The molecule has 51 heavy (non-hydrogen) atoms. The lowest BCUT2D eigenvalue weighted by molar-refractivity contribution is -0.132. The van der Waals surface area contributed by atoms with E-state index in [-0.39, 0.29) is 16.4 Å². The minimum Gasteiger partial charge on any atom is -0.477 e. The van der Waals surface area contributed by atoms with Crippen LogP contribution in [-0.4, -0.2) is 11.1 Å². The van der Waals surface area contributed by atoms with Crippen molar-refractivity contribution in [3.8, 4) is 28.3 Å². The predicted molar refractivity (Wildman–Crippen MR) is 207 cm³/mol. The summed E-state index contributed by atoms with van der Waals surface area (Å²) in [5, 5.41) is 18.8. The van der Waals surface area contributed by atoms with Crippen LogP contribution >= 0.6 is 0 Å². The molecule has 0 saturated carbocycles. The fourth-order valence-corrected chi connectivity index (χ4v) is 8.48. The van der Waals surface area contributed by atoms with Crippen LogP contribution in [-0.2, 0) is 15.6 Å². The van der Waals surface area contributed by atoms with Gasteiger partial charge in [0.25, 0.3) is 0 Å². The first-order valence-electron chi connectivity index (χ1n) is 17.7. The number of nitrogens with zero attached hydrogens (tertiary/aromatic N) is 2. The number of allylic oxidation sites excluding steroid dienone is 4. The SMILES string of the molecule is CC1(C)c2ccccc2-c2ccc(N(c3ccc(/C=C/C4=CC(=C(\C#N)C(=O)O)/CCC4)cc3)c3ccc4c(c3)C(C)(C)c3ccccc3-4)cc21. The number of anilines is 3. The maximum atomic E-state index is 11.6. The third kappa shape index (κ3) is 5.32. The quantitative estimate of drug-likeness (QED) is 0.145. The first-order valence-corrected chi connectivity index (χ1v) is 17.7. The van der Waals surface area contributed by atoms with Gasteiger partial charge >= 0.3 is 5.97 Å². The fraction of sp³-hybridized carbons (Fsp3) is 0.191. The molecular weight excluding hydrogens is 625 g/mol. The number of carboxylic acid groups (broad SMARTS) is 1. The van der Waals surface area contributed by atoms with Gasteiger partial charge in [-0.1, -0.05) is 119 Å². The third-order valence-electron chi connectivity index (χ3n) is 11.2. The predicted octanol–water partition coefficient (Wildman–Crippen LogP) is 11.8. The van der Waals surface area contributed by atoms with Crippen LogP contribution in [0.5, 0.6) is 0 Å². The maximum absolute atomic E-state index is 11.6. The maximum Gasteiger partial charge on any atom is 0.346 e. The van der Waals surface area contributed by atoms with E-state index >= 15 is 0 Å². The molecule has 4 nitrogen and oxygen atoms in total. The Bertz CT molecular complexity index is 2270. The molecule has 0 aromatic heterocycles. The zero-order chi connectivity index (χ0) is 35.5. The normalized spacial score (nSPS) is 17.1. The average molecular weight is 665 g/mol. The lowest BCUT2D eigenvalue weighted by atomic mass is 9.82. The van der Waals surface area contributed by atoms with E-state index in [1.54, 1.807) is 0 Å². The van der Waals surface area contributed by atoms with Gasteiger partial charge in [-0.25, -0.2) is 4.79 Å². The smallest absolute Gasteiger partial charge is 0.346 e. The molecule has 3 aliphatic rings. The highest BCUT2D eigenvalue weighted by molar-refractivity contribution is 5.93. The van der Waals surface area contributed by atoms with Crippen LogP contribution in [0.2, 0.25) is 0 Å². The number of rotatable bonds is 6. The minimum atomic E-state index is -1.16. The Morgan fingerprint density at radius 2 is 1.18 bits per heavy atom. The highest BCUT2D eigenvalue weighted by atomic mass is 16.4. The molecule has 8 rings (SSSR count). The monoisotopic (exact) mass is 664 g/mol. The number of hydrogen-bond donors (Lipinski definition) is 1. The zero-order valence-corrected chi connectivity index (χ0v) is 29.5. The van der Waals surface area contributed by atoms with Crippen LogP contribution in [0, 0.1) is 11.3 Å². The van der Waals surface area contributed by atoms with Crippen molar-refractivity contribution in [2.45, 2.75) is 57.8 Å². The summed E-state index contributed by atoms with van der Waals surface area (Å²) >= 11 is 0. The van der Waals surface area contributed by atoms with E-state index in [9.17, 15) is 15.2 Å². The van der Waals surface area contributed by atoms with Crippen LogP contribution < -0.4 is 4.90 Å². The number of carbonyl (C=O) groups is 1. The summed E-state index contributed by atoms with van der Waals surface area (Å²) in [4.78, 5) is 13.9. The number of benzene rings is 5. The molecule has 1 N–H and O–H groups in total. The fourth-order valence-electron chi connectivity index (χ4n) is 8.48. The molecule has 0 heterocycles. The van der Waals surface area contributed by atoms with Gasteiger partial charge in [0.05, 0.1) is 0 Å². The highest BCUT2D eigenvalue weighted by Crippen LogP contribution is 2.53. The molecule has 0 unspecified atom stereocenters. The van der Waals surface area contributed by atoms with Crippen LogP contribution in [0.4, 0.5) is 17.1 Å². The van der Waals surface area contributed by atoms with Crippen molar-refractivity contribution in [2.75, 3.05) is 4.90 Å². The number of carboxylic acids is 1. The molecule has 0 radical (unpaired) electrons. The molecule has 0 spiro atoms. The molecule has 0 fully saturated rings. The second kappa shape index (κ2) is 12.1. The van der Waals surface area contributed by atoms with E-state index in [4.69, 9.17) is 0 Å². The minimum absolute atomic E-state index is 0.120. The Kier molecular flexibility index (Phi) is 7.69. The van der Waals surface area contributed by atoms with Gasteiger partial charge in [0, 0.05) is 27.9 Å². The summed E-state index contributed by atoms with van der Waals surface area (Å²) in [5.74, 6) is -1.16. The third-order valence-corrected chi connectivity index (χ3v) is 11.2. The van der Waals surface area contributed by atoms with Crippen molar-refractivity contribution in [1.82, 2.24) is 0 Å². The second-order valence-electron chi connectivity index (χ2n) is 15.0. The van der Waals surface area contributed by atoms with Gasteiger partial charge in [0.2, 0.25) is 0 Å². The van der Waals surface area contributed by atoms with E-state index in [1.165, 1.54) is 44.5 Å². The summed E-state index contributed by atoms with van der Waals surface area (Å²) in [6.07, 6.45) is 8.26. The summed E-state index contributed by atoms with van der Waals surface area (Å²) in [7, 11) is 0. The van der Waals surface area contributed by atoms with Crippen LogP contribution in [0.3, 0.4) is 0 Å². The largest absolute Gasteiger partial charge is 0.477 e. The first-order chi connectivity index (χ1) is 24.6. The number of nitriles is 1. The lowest BCUT2D eigenvalue weighted by Crippen LogP contribution is -2.18.